The van der Waals surface area contributed by atoms with Crippen molar-refractivity contribution in [1.82, 2.24) is 10.3 Å². The van der Waals surface area contributed by atoms with Crippen molar-refractivity contribution in [3.8, 4) is 0 Å². The number of ether oxygens (including phenoxy) is 1. The van der Waals surface area contributed by atoms with E-state index in [1.54, 1.807) is 23.9 Å². The largest absolute Gasteiger partial charge is 0.375 e. The first-order valence-electron chi connectivity index (χ1n) is 9.51. The van der Waals surface area contributed by atoms with E-state index in [4.69, 9.17) is 9.72 Å². The number of pyridine rings is 1. The molecular weight excluding hydrogens is 377 g/mol. The number of carbonyl (C=O) groups excluding carboxylic acids is 1. The van der Waals surface area contributed by atoms with Crippen LogP contribution in [-0.2, 0) is 11.3 Å². The molecule has 0 saturated carbocycles. The quantitative estimate of drug-likeness (QED) is 0.744. The van der Waals surface area contributed by atoms with E-state index in [0.29, 0.717) is 12.2 Å². The van der Waals surface area contributed by atoms with Gasteiger partial charge in [-0.05, 0) is 48.9 Å². The Bertz CT molecular complexity index is 846. The summed E-state index contributed by atoms with van der Waals surface area (Å²) < 4.78 is 19.0. The van der Waals surface area contributed by atoms with Gasteiger partial charge in [0.05, 0.1) is 18.3 Å². The number of halogens is 1. The fraction of sp³-hybridized carbons (Fsp3) is 0.429. The highest BCUT2D eigenvalue weighted by molar-refractivity contribution is 7.99. The lowest BCUT2D eigenvalue weighted by molar-refractivity contribution is 0.0529. The van der Waals surface area contributed by atoms with Crippen molar-refractivity contribution in [3.63, 3.8) is 0 Å². The summed E-state index contributed by atoms with van der Waals surface area (Å²) in [7, 11) is 0. The molecule has 1 N–H and O–H groups in total. The molecule has 1 aromatic heterocycles. The Kier molecular flexibility index (Phi) is 6.91. The normalized spacial score (nSPS) is 16.9. The minimum atomic E-state index is -0.309. The number of anilines is 1. The molecular formula is C21H26FN3O2S. The highest BCUT2D eigenvalue weighted by Crippen LogP contribution is 2.28. The second-order valence-corrected chi connectivity index (χ2v) is 8.10. The maximum atomic E-state index is 13.4. The van der Waals surface area contributed by atoms with Crippen molar-refractivity contribution in [1.29, 1.82) is 0 Å². The minimum Gasteiger partial charge on any atom is -0.375 e. The van der Waals surface area contributed by atoms with E-state index in [1.807, 2.05) is 19.9 Å². The van der Waals surface area contributed by atoms with Gasteiger partial charge in [0.15, 0.2) is 0 Å². The number of hydrogen-bond donors (Lipinski definition) is 1. The van der Waals surface area contributed by atoms with Gasteiger partial charge in [-0.15, -0.1) is 11.8 Å². The van der Waals surface area contributed by atoms with Crippen molar-refractivity contribution in [2.24, 2.45) is 0 Å². The zero-order valence-electron chi connectivity index (χ0n) is 16.5. The smallest absolute Gasteiger partial charge is 0.254 e. The van der Waals surface area contributed by atoms with E-state index in [9.17, 15) is 9.18 Å². The van der Waals surface area contributed by atoms with Crippen LogP contribution in [0.5, 0.6) is 0 Å². The van der Waals surface area contributed by atoms with Gasteiger partial charge in [-0.3, -0.25) is 4.79 Å². The van der Waals surface area contributed by atoms with Crippen LogP contribution in [0.1, 0.15) is 35.3 Å². The molecule has 0 unspecified atom stereocenters. The predicted molar refractivity (Wildman–Crippen MR) is 111 cm³/mol. The molecule has 0 spiro atoms. The Morgan fingerprint density at radius 2 is 2.25 bits per heavy atom. The number of nitrogens with one attached hydrogen (secondary N) is 1. The van der Waals surface area contributed by atoms with E-state index in [1.165, 1.54) is 12.1 Å². The molecule has 2 aromatic rings. The average Bonchev–Trinajstić information content (AvgIpc) is 2.66. The summed E-state index contributed by atoms with van der Waals surface area (Å²) in [5, 5.41) is 3.63. The van der Waals surface area contributed by atoms with E-state index in [2.05, 4.69) is 17.1 Å². The van der Waals surface area contributed by atoms with Gasteiger partial charge in [0, 0.05) is 19.6 Å². The number of aromatic nitrogens is 1. The molecule has 1 fully saturated rings. The first kappa shape index (κ1) is 20.6. The molecule has 1 aromatic carbocycles. The summed E-state index contributed by atoms with van der Waals surface area (Å²) >= 11 is 1.56. The van der Waals surface area contributed by atoms with Gasteiger partial charge in [-0.25, -0.2) is 9.37 Å². The van der Waals surface area contributed by atoms with Crippen molar-refractivity contribution < 1.29 is 13.9 Å². The molecule has 5 nitrogen and oxygen atoms in total. The number of aryl methyl sites for hydroxylation is 1. The summed E-state index contributed by atoms with van der Waals surface area (Å²) in [6, 6.07) is 8.21. The Hall–Kier alpha value is -2.12. The SMILES string of the molecule is CCSc1nc(N2CCO[C@@H](C)C2)cc(C)c1C(=O)NCc1cccc(F)c1. The number of rotatable bonds is 6. The number of benzene rings is 1. The zero-order chi connectivity index (χ0) is 20.1. The van der Waals surface area contributed by atoms with Crippen molar-refractivity contribution in [2.45, 2.75) is 38.4 Å². The lowest BCUT2D eigenvalue weighted by Crippen LogP contribution is -2.41. The van der Waals surface area contributed by atoms with Gasteiger partial charge in [0.2, 0.25) is 0 Å². The van der Waals surface area contributed by atoms with Crippen LogP contribution in [0.4, 0.5) is 10.2 Å². The second-order valence-electron chi connectivity index (χ2n) is 6.85. The molecule has 1 saturated heterocycles. The maximum Gasteiger partial charge on any atom is 0.254 e. The molecule has 1 amide bonds. The topological polar surface area (TPSA) is 54.5 Å². The Morgan fingerprint density at radius 3 is 2.96 bits per heavy atom. The summed E-state index contributed by atoms with van der Waals surface area (Å²) in [5.41, 5.74) is 2.20. The van der Waals surface area contributed by atoms with E-state index in [-0.39, 0.29) is 24.4 Å². The third-order valence-electron chi connectivity index (χ3n) is 4.59. The van der Waals surface area contributed by atoms with Crippen LogP contribution in [0.3, 0.4) is 0 Å². The Morgan fingerprint density at radius 1 is 1.43 bits per heavy atom. The lowest BCUT2D eigenvalue weighted by atomic mass is 10.1. The molecule has 2 heterocycles. The number of morpholine rings is 1. The van der Waals surface area contributed by atoms with Gasteiger partial charge in [-0.1, -0.05) is 19.1 Å². The average molecular weight is 404 g/mol. The first-order valence-corrected chi connectivity index (χ1v) is 10.5. The molecule has 7 heteroatoms. The minimum absolute atomic E-state index is 0.160. The molecule has 1 atom stereocenters. The lowest BCUT2D eigenvalue weighted by Gasteiger charge is -2.32. The van der Waals surface area contributed by atoms with Crippen molar-refractivity contribution in [3.05, 3.63) is 52.8 Å². The van der Waals surface area contributed by atoms with Crippen LogP contribution in [0.2, 0.25) is 0 Å². The van der Waals surface area contributed by atoms with Crippen LogP contribution < -0.4 is 10.2 Å². The summed E-state index contributed by atoms with van der Waals surface area (Å²) in [4.78, 5) is 19.9. The second kappa shape index (κ2) is 9.39. The molecule has 1 aliphatic heterocycles. The van der Waals surface area contributed by atoms with Gasteiger partial charge >= 0.3 is 0 Å². The maximum absolute atomic E-state index is 13.4. The molecule has 150 valence electrons. The van der Waals surface area contributed by atoms with Crippen LogP contribution in [0, 0.1) is 12.7 Å². The standard InChI is InChI=1S/C21H26FN3O2S/c1-4-28-21-19(20(26)23-12-16-6-5-7-17(22)11-16)14(2)10-18(24-21)25-8-9-27-15(3)13-25/h5-7,10-11,15H,4,8-9,12-13H2,1-3H3,(H,23,26)/t15-/m0/s1. The molecule has 1 aliphatic rings. The van der Waals surface area contributed by atoms with E-state index < -0.39 is 0 Å². The van der Waals surface area contributed by atoms with E-state index >= 15 is 0 Å². The molecule has 0 bridgehead atoms. The van der Waals surface area contributed by atoms with Gasteiger partial charge < -0.3 is 15.0 Å². The highest BCUT2D eigenvalue weighted by Gasteiger charge is 2.22. The Labute approximate surface area is 169 Å². The fourth-order valence-electron chi connectivity index (χ4n) is 3.25. The summed E-state index contributed by atoms with van der Waals surface area (Å²) in [5.74, 6) is 1.20. The number of hydrogen-bond acceptors (Lipinski definition) is 5. The predicted octanol–water partition coefficient (Wildman–Crippen LogP) is 3.80. The van der Waals surface area contributed by atoms with Crippen LogP contribution in [0.15, 0.2) is 35.4 Å². The first-order chi connectivity index (χ1) is 13.5. The molecule has 0 aliphatic carbocycles. The van der Waals surface area contributed by atoms with Gasteiger partial charge in [-0.2, -0.15) is 0 Å². The molecule has 0 radical (unpaired) electrons. The van der Waals surface area contributed by atoms with E-state index in [0.717, 1.165) is 40.8 Å². The fourth-order valence-corrected chi connectivity index (χ4v) is 4.08. The van der Waals surface area contributed by atoms with Crippen molar-refractivity contribution >= 4 is 23.5 Å². The molecule has 28 heavy (non-hydrogen) atoms. The number of amides is 1. The zero-order valence-corrected chi connectivity index (χ0v) is 17.3. The Balaban J connectivity index is 1.81. The van der Waals surface area contributed by atoms with Gasteiger partial charge in [0.25, 0.3) is 5.91 Å². The van der Waals surface area contributed by atoms with Crippen LogP contribution >= 0.6 is 11.8 Å². The monoisotopic (exact) mass is 403 g/mol. The third-order valence-corrected chi connectivity index (χ3v) is 5.44. The number of carbonyl (C=O) groups is 1. The summed E-state index contributed by atoms with van der Waals surface area (Å²) in [6.45, 7) is 8.55. The molecule has 3 rings (SSSR count). The van der Waals surface area contributed by atoms with Crippen molar-refractivity contribution in [2.75, 3.05) is 30.3 Å². The third kappa shape index (κ3) is 5.02. The van der Waals surface area contributed by atoms with Crippen LogP contribution in [0.25, 0.3) is 0 Å². The number of nitrogens with zero attached hydrogens (tertiary/aromatic N) is 2. The highest BCUT2D eigenvalue weighted by atomic mass is 32.2. The van der Waals surface area contributed by atoms with Gasteiger partial charge in [0.1, 0.15) is 16.7 Å². The van der Waals surface area contributed by atoms with Crippen LogP contribution in [-0.4, -0.2) is 42.4 Å². The summed E-state index contributed by atoms with van der Waals surface area (Å²) in [6.07, 6.45) is 0.160. The number of thioether (sulfide) groups is 1.